The molecule has 0 atom stereocenters. The zero-order chi connectivity index (χ0) is 14.2. The van der Waals surface area contributed by atoms with Crippen molar-refractivity contribution in [2.75, 3.05) is 17.2 Å². The van der Waals surface area contributed by atoms with Gasteiger partial charge in [-0.3, -0.25) is 4.79 Å². The van der Waals surface area contributed by atoms with E-state index in [-0.39, 0.29) is 5.41 Å². The monoisotopic (exact) mass is 272 g/mol. The van der Waals surface area contributed by atoms with Crippen LogP contribution in [0.1, 0.15) is 51.0 Å². The maximum absolute atomic E-state index is 13.0. The molecule has 0 aromatic heterocycles. The van der Waals surface area contributed by atoms with Gasteiger partial charge in [-0.2, -0.15) is 0 Å². The molecule has 20 heavy (non-hydrogen) atoms. The first kappa shape index (κ1) is 13.5. The Hall–Kier alpha value is -1.51. The first-order valence-electron chi connectivity index (χ1n) is 7.80. The molecule has 3 heteroatoms. The Morgan fingerprint density at radius 3 is 2.70 bits per heavy atom. The number of nitrogens with zero attached hydrogens (tertiary/aromatic N) is 1. The number of amides is 1. The molecule has 0 radical (unpaired) electrons. The molecule has 1 aromatic carbocycles. The summed E-state index contributed by atoms with van der Waals surface area (Å²) in [6, 6.07) is 5.96. The lowest BCUT2D eigenvalue weighted by atomic mass is 9.74. The number of benzene rings is 1. The molecular formula is C17H24N2O. The lowest BCUT2D eigenvalue weighted by Gasteiger charge is -2.39. The number of rotatable bonds is 1. The molecule has 1 aliphatic heterocycles. The van der Waals surface area contributed by atoms with Crippen LogP contribution in [0.15, 0.2) is 18.2 Å². The van der Waals surface area contributed by atoms with Crippen LogP contribution in [0, 0.1) is 5.41 Å². The topological polar surface area (TPSA) is 46.3 Å². The van der Waals surface area contributed by atoms with E-state index in [2.05, 4.69) is 6.92 Å². The van der Waals surface area contributed by atoms with Crippen molar-refractivity contribution in [3.63, 3.8) is 0 Å². The highest BCUT2D eigenvalue weighted by Crippen LogP contribution is 2.40. The van der Waals surface area contributed by atoms with Crippen LogP contribution in [-0.2, 0) is 11.2 Å². The highest BCUT2D eigenvalue weighted by Gasteiger charge is 2.39. The van der Waals surface area contributed by atoms with Crippen molar-refractivity contribution in [2.24, 2.45) is 5.41 Å². The normalized spacial score (nSPS) is 21.4. The van der Waals surface area contributed by atoms with Gasteiger partial charge in [-0.25, -0.2) is 0 Å². The van der Waals surface area contributed by atoms with Crippen LogP contribution >= 0.6 is 0 Å². The Balaban J connectivity index is 1.90. The third-order valence-electron chi connectivity index (χ3n) is 4.94. The van der Waals surface area contributed by atoms with Crippen LogP contribution in [0.3, 0.4) is 0 Å². The van der Waals surface area contributed by atoms with Crippen LogP contribution < -0.4 is 10.6 Å². The van der Waals surface area contributed by atoms with E-state index < -0.39 is 0 Å². The van der Waals surface area contributed by atoms with E-state index in [0.717, 1.165) is 43.6 Å². The van der Waals surface area contributed by atoms with Crippen molar-refractivity contribution in [3.8, 4) is 0 Å². The molecule has 3 rings (SSSR count). The van der Waals surface area contributed by atoms with Crippen molar-refractivity contribution >= 4 is 17.3 Å². The third kappa shape index (κ3) is 2.30. The van der Waals surface area contributed by atoms with E-state index >= 15 is 0 Å². The first-order chi connectivity index (χ1) is 9.60. The fourth-order valence-corrected chi connectivity index (χ4v) is 3.70. The summed E-state index contributed by atoms with van der Waals surface area (Å²) in [5.41, 5.74) is 8.82. The predicted octanol–water partition coefficient (Wildman–Crippen LogP) is 3.52. The Labute approximate surface area is 121 Å². The van der Waals surface area contributed by atoms with Gasteiger partial charge in [0.1, 0.15) is 0 Å². The second-order valence-corrected chi connectivity index (χ2v) is 6.57. The molecule has 1 aromatic rings. The van der Waals surface area contributed by atoms with E-state index in [1.54, 1.807) is 0 Å². The number of nitrogen functional groups attached to an aromatic ring is 1. The molecule has 1 aliphatic carbocycles. The minimum atomic E-state index is -0.158. The minimum absolute atomic E-state index is 0.158. The summed E-state index contributed by atoms with van der Waals surface area (Å²) < 4.78 is 0. The summed E-state index contributed by atoms with van der Waals surface area (Å²) in [4.78, 5) is 15.0. The molecule has 108 valence electrons. The van der Waals surface area contributed by atoms with Crippen molar-refractivity contribution in [3.05, 3.63) is 23.8 Å². The van der Waals surface area contributed by atoms with Crippen molar-refractivity contribution < 1.29 is 4.79 Å². The van der Waals surface area contributed by atoms with E-state index in [1.807, 2.05) is 23.1 Å². The molecule has 0 bridgehead atoms. The number of hydrogen-bond donors (Lipinski definition) is 1. The van der Waals surface area contributed by atoms with Gasteiger partial charge in [0.05, 0.1) is 0 Å². The second kappa shape index (κ2) is 5.12. The molecule has 1 fully saturated rings. The average Bonchev–Trinajstić information content (AvgIpc) is 2.46. The van der Waals surface area contributed by atoms with Crippen molar-refractivity contribution in [1.82, 2.24) is 0 Å². The maximum atomic E-state index is 13.0. The second-order valence-electron chi connectivity index (χ2n) is 6.57. The smallest absolute Gasteiger partial charge is 0.232 e. The van der Waals surface area contributed by atoms with E-state index in [0.29, 0.717) is 5.91 Å². The first-order valence-corrected chi connectivity index (χ1v) is 7.80. The summed E-state index contributed by atoms with van der Waals surface area (Å²) in [6.45, 7) is 3.01. The fourth-order valence-electron chi connectivity index (χ4n) is 3.70. The summed E-state index contributed by atoms with van der Waals surface area (Å²) in [7, 11) is 0. The average molecular weight is 272 g/mol. The van der Waals surface area contributed by atoms with Gasteiger partial charge in [-0.05, 0) is 49.4 Å². The highest BCUT2D eigenvalue weighted by molar-refractivity contribution is 5.98. The van der Waals surface area contributed by atoms with Gasteiger partial charge in [0.2, 0.25) is 5.91 Å². The Morgan fingerprint density at radius 2 is 1.95 bits per heavy atom. The lowest BCUT2D eigenvalue weighted by molar-refractivity contribution is -0.129. The minimum Gasteiger partial charge on any atom is -0.399 e. The van der Waals surface area contributed by atoms with Crippen LogP contribution in [0.4, 0.5) is 11.4 Å². The number of fused-ring (bicyclic) bond motifs is 1. The number of nitrogens with two attached hydrogens (primary N) is 1. The molecule has 2 aliphatic rings. The Bertz CT molecular complexity index is 518. The van der Waals surface area contributed by atoms with Gasteiger partial charge >= 0.3 is 0 Å². The molecule has 0 saturated heterocycles. The molecule has 1 saturated carbocycles. The number of anilines is 2. The number of carbonyl (C=O) groups excluding carboxylic acids is 1. The fraction of sp³-hybridized carbons (Fsp3) is 0.588. The standard InChI is InChI=1S/C17H24N2O/c1-17(9-3-2-4-10-17)16(20)19-11-5-6-13-12-14(18)7-8-15(13)19/h7-8,12H,2-6,9-11,18H2,1H3. The SMILES string of the molecule is CC1(C(=O)N2CCCc3cc(N)ccc32)CCCCC1. The molecule has 1 amide bonds. The predicted molar refractivity (Wildman–Crippen MR) is 82.7 cm³/mol. The van der Waals surface area contributed by atoms with Crippen LogP contribution in [-0.4, -0.2) is 12.5 Å². The zero-order valence-electron chi connectivity index (χ0n) is 12.3. The number of aryl methyl sites for hydroxylation is 1. The molecular weight excluding hydrogens is 248 g/mol. The van der Waals surface area contributed by atoms with Gasteiger partial charge in [-0.1, -0.05) is 26.2 Å². The van der Waals surface area contributed by atoms with Gasteiger partial charge < -0.3 is 10.6 Å². The number of hydrogen-bond acceptors (Lipinski definition) is 2. The third-order valence-corrected chi connectivity index (χ3v) is 4.94. The van der Waals surface area contributed by atoms with Gasteiger partial charge in [0, 0.05) is 23.3 Å². The molecule has 1 heterocycles. The Morgan fingerprint density at radius 1 is 1.20 bits per heavy atom. The summed E-state index contributed by atoms with van der Waals surface area (Å²) in [5, 5.41) is 0. The van der Waals surface area contributed by atoms with E-state index in [4.69, 9.17) is 5.73 Å². The quantitative estimate of drug-likeness (QED) is 0.795. The molecule has 3 nitrogen and oxygen atoms in total. The summed E-state index contributed by atoms with van der Waals surface area (Å²) >= 11 is 0. The molecule has 0 spiro atoms. The van der Waals surface area contributed by atoms with Gasteiger partial charge in [0.25, 0.3) is 0 Å². The van der Waals surface area contributed by atoms with Gasteiger partial charge in [-0.15, -0.1) is 0 Å². The lowest BCUT2D eigenvalue weighted by Crippen LogP contribution is -2.45. The van der Waals surface area contributed by atoms with E-state index in [9.17, 15) is 4.79 Å². The van der Waals surface area contributed by atoms with E-state index in [1.165, 1.54) is 24.8 Å². The highest BCUT2D eigenvalue weighted by atomic mass is 16.2. The van der Waals surface area contributed by atoms with Gasteiger partial charge in [0.15, 0.2) is 0 Å². The summed E-state index contributed by atoms with van der Waals surface area (Å²) in [5.74, 6) is 0.322. The zero-order valence-corrected chi connectivity index (χ0v) is 12.3. The summed E-state index contributed by atoms with van der Waals surface area (Å²) in [6.07, 6.45) is 7.78. The van der Waals surface area contributed by atoms with Crippen molar-refractivity contribution in [1.29, 1.82) is 0 Å². The Kier molecular flexibility index (Phi) is 3.45. The molecule has 2 N–H and O–H groups in total. The molecule has 0 unspecified atom stereocenters. The maximum Gasteiger partial charge on any atom is 0.232 e. The van der Waals surface area contributed by atoms with Crippen LogP contribution in [0.5, 0.6) is 0 Å². The van der Waals surface area contributed by atoms with Crippen molar-refractivity contribution in [2.45, 2.75) is 51.9 Å². The number of carbonyl (C=O) groups is 1. The largest absolute Gasteiger partial charge is 0.399 e. The van der Waals surface area contributed by atoms with Crippen LogP contribution in [0.2, 0.25) is 0 Å². The van der Waals surface area contributed by atoms with Crippen LogP contribution in [0.25, 0.3) is 0 Å².